The number of likely N-dealkylation sites (N-methyl/N-ethyl adjacent to an activating group) is 1. The van der Waals surface area contributed by atoms with Crippen molar-refractivity contribution in [3.63, 3.8) is 0 Å². The van der Waals surface area contributed by atoms with Crippen molar-refractivity contribution < 1.29 is 4.74 Å². The van der Waals surface area contributed by atoms with Crippen molar-refractivity contribution in [1.82, 2.24) is 10.3 Å². The van der Waals surface area contributed by atoms with Crippen LogP contribution in [0.3, 0.4) is 0 Å². The first-order chi connectivity index (χ1) is 7.27. The summed E-state index contributed by atoms with van der Waals surface area (Å²) in [6.07, 6.45) is 1.74. The monoisotopic (exact) mass is 205 g/mol. The van der Waals surface area contributed by atoms with E-state index in [4.69, 9.17) is 10.00 Å². The van der Waals surface area contributed by atoms with Crippen molar-refractivity contribution in [1.29, 1.82) is 5.26 Å². The SMILES string of the molecule is CNCC(C)OCc1cccnc1C#N. The smallest absolute Gasteiger partial charge is 0.145 e. The van der Waals surface area contributed by atoms with Crippen LogP contribution in [0.2, 0.25) is 0 Å². The van der Waals surface area contributed by atoms with Gasteiger partial charge in [0.25, 0.3) is 0 Å². The summed E-state index contributed by atoms with van der Waals surface area (Å²) in [5.74, 6) is 0. The van der Waals surface area contributed by atoms with Gasteiger partial charge in [0.05, 0.1) is 12.7 Å². The van der Waals surface area contributed by atoms with Crippen LogP contribution in [-0.4, -0.2) is 24.7 Å². The Morgan fingerprint density at radius 2 is 2.47 bits per heavy atom. The molecule has 0 aliphatic carbocycles. The van der Waals surface area contributed by atoms with Crippen molar-refractivity contribution in [2.45, 2.75) is 19.6 Å². The highest BCUT2D eigenvalue weighted by atomic mass is 16.5. The summed E-state index contributed by atoms with van der Waals surface area (Å²) in [5, 5.41) is 11.8. The number of rotatable bonds is 5. The van der Waals surface area contributed by atoms with Crippen LogP contribution < -0.4 is 5.32 Å². The minimum atomic E-state index is 0.127. The molecule has 0 radical (unpaired) electrons. The quantitative estimate of drug-likeness (QED) is 0.781. The van der Waals surface area contributed by atoms with Crippen LogP contribution in [0.5, 0.6) is 0 Å². The molecule has 1 unspecified atom stereocenters. The van der Waals surface area contributed by atoms with Crippen LogP contribution in [0.4, 0.5) is 0 Å². The standard InChI is InChI=1S/C11H15N3O/c1-9(7-13-2)15-8-10-4-3-5-14-11(10)6-12/h3-5,9,13H,7-8H2,1-2H3. The molecule has 0 fully saturated rings. The average molecular weight is 205 g/mol. The van der Waals surface area contributed by atoms with E-state index in [0.29, 0.717) is 12.3 Å². The van der Waals surface area contributed by atoms with Crippen LogP contribution in [0.15, 0.2) is 18.3 Å². The molecular formula is C11H15N3O. The van der Waals surface area contributed by atoms with Crippen molar-refractivity contribution in [2.24, 2.45) is 0 Å². The van der Waals surface area contributed by atoms with Gasteiger partial charge in [-0.25, -0.2) is 4.98 Å². The fraction of sp³-hybridized carbons (Fsp3) is 0.455. The summed E-state index contributed by atoms with van der Waals surface area (Å²) in [6, 6.07) is 5.71. The lowest BCUT2D eigenvalue weighted by Crippen LogP contribution is -2.23. The van der Waals surface area contributed by atoms with E-state index in [1.165, 1.54) is 0 Å². The van der Waals surface area contributed by atoms with E-state index in [2.05, 4.69) is 10.3 Å². The first-order valence-corrected chi connectivity index (χ1v) is 4.88. The van der Waals surface area contributed by atoms with E-state index < -0.39 is 0 Å². The van der Waals surface area contributed by atoms with Gasteiger partial charge >= 0.3 is 0 Å². The van der Waals surface area contributed by atoms with Gasteiger partial charge in [0, 0.05) is 18.3 Å². The Kier molecular flexibility index (Phi) is 4.75. The van der Waals surface area contributed by atoms with Crippen LogP contribution >= 0.6 is 0 Å². The zero-order valence-electron chi connectivity index (χ0n) is 9.03. The molecule has 1 rings (SSSR count). The molecule has 0 aliphatic heterocycles. The minimum Gasteiger partial charge on any atom is -0.372 e. The fourth-order valence-corrected chi connectivity index (χ4v) is 1.23. The summed E-state index contributed by atoms with van der Waals surface area (Å²) in [6.45, 7) is 3.21. The van der Waals surface area contributed by atoms with Gasteiger partial charge < -0.3 is 10.1 Å². The number of nitrogens with one attached hydrogen (secondary N) is 1. The predicted octanol–water partition coefficient (Wildman–Crippen LogP) is 1.08. The van der Waals surface area contributed by atoms with E-state index in [1.54, 1.807) is 6.20 Å². The third-order valence-electron chi connectivity index (χ3n) is 2.01. The zero-order chi connectivity index (χ0) is 11.1. The first-order valence-electron chi connectivity index (χ1n) is 4.88. The number of hydrogen-bond acceptors (Lipinski definition) is 4. The molecule has 0 amide bonds. The Balaban J connectivity index is 2.54. The minimum absolute atomic E-state index is 0.127. The molecule has 1 atom stereocenters. The normalized spacial score (nSPS) is 12.1. The molecule has 15 heavy (non-hydrogen) atoms. The highest BCUT2D eigenvalue weighted by Crippen LogP contribution is 2.06. The van der Waals surface area contributed by atoms with E-state index in [-0.39, 0.29) is 6.10 Å². The molecule has 0 saturated heterocycles. The van der Waals surface area contributed by atoms with Gasteiger partial charge in [0.1, 0.15) is 11.8 Å². The van der Waals surface area contributed by atoms with Crippen LogP contribution in [0.25, 0.3) is 0 Å². The molecule has 0 spiro atoms. The molecule has 80 valence electrons. The molecule has 0 aliphatic rings. The van der Waals surface area contributed by atoms with Gasteiger partial charge in [0.2, 0.25) is 0 Å². The zero-order valence-corrected chi connectivity index (χ0v) is 9.03. The van der Waals surface area contributed by atoms with Gasteiger partial charge in [-0.3, -0.25) is 0 Å². The van der Waals surface area contributed by atoms with Crippen molar-refractivity contribution in [3.05, 3.63) is 29.6 Å². The number of aromatic nitrogens is 1. The maximum atomic E-state index is 8.81. The lowest BCUT2D eigenvalue weighted by molar-refractivity contribution is 0.0542. The summed E-state index contributed by atoms with van der Waals surface area (Å²) < 4.78 is 5.56. The fourth-order valence-electron chi connectivity index (χ4n) is 1.23. The topological polar surface area (TPSA) is 57.9 Å². The van der Waals surface area contributed by atoms with Gasteiger partial charge in [-0.15, -0.1) is 0 Å². The molecule has 1 N–H and O–H groups in total. The first kappa shape index (κ1) is 11.6. The maximum absolute atomic E-state index is 8.81. The van der Waals surface area contributed by atoms with E-state index in [1.807, 2.05) is 32.2 Å². The molecule has 0 aromatic carbocycles. The van der Waals surface area contributed by atoms with Crippen molar-refractivity contribution in [2.75, 3.05) is 13.6 Å². The van der Waals surface area contributed by atoms with Gasteiger partial charge in [-0.1, -0.05) is 6.07 Å². The molecule has 4 heteroatoms. The largest absolute Gasteiger partial charge is 0.372 e. The van der Waals surface area contributed by atoms with Crippen molar-refractivity contribution >= 4 is 0 Å². The van der Waals surface area contributed by atoms with E-state index in [0.717, 1.165) is 12.1 Å². The van der Waals surface area contributed by atoms with Crippen LogP contribution in [0.1, 0.15) is 18.2 Å². The maximum Gasteiger partial charge on any atom is 0.145 e. The van der Waals surface area contributed by atoms with E-state index in [9.17, 15) is 0 Å². The highest BCUT2D eigenvalue weighted by molar-refractivity contribution is 5.29. The second kappa shape index (κ2) is 6.12. The Bertz CT molecular complexity index is 346. The molecule has 1 aromatic rings. The van der Waals surface area contributed by atoms with E-state index >= 15 is 0 Å². The Labute approximate surface area is 89.9 Å². The predicted molar refractivity (Wildman–Crippen MR) is 57.1 cm³/mol. The van der Waals surface area contributed by atoms with Crippen LogP contribution in [0, 0.1) is 11.3 Å². The van der Waals surface area contributed by atoms with Gasteiger partial charge in [-0.05, 0) is 20.0 Å². The van der Waals surface area contributed by atoms with Crippen molar-refractivity contribution in [3.8, 4) is 6.07 Å². The lowest BCUT2D eigenvalue weighted by Gasteiger charge is -2.12. The second-order valence-electron chi connectivity index (χ2n) is 3.30. The Morgan fingerprint density at radius 1 is 1.67 bits per heavy atom. The van der Waals surface area contributed by atoms with Gasteiger partial charge in [0.15, 0.2) is 0 Å². The number of hydrogen-bond donors (Lipinski definition) is 1. The molecule has 1 heterocycles. The summed E-state index contributed by atoms with van der Waals surface area (Å²) >= 11 is 0. The molecular weight excluding hydrogens is 190 g/mol. The summed E-state index contributed by atoms with van der Waals surface area (Å²) in [7, 11) is 1.88. The molecule has 1 aromatic heterocycles. The number of ether oxygens (including phenoxy) is 1. The highest BCUT2D eigenvalue weighted by Gasteiger charge is 2.05. The summed E-state index contributed by atoms with van der Waals surface area (Å²) in [4.78, 5) is 3.96. The molecule has 0 bridgehead atoms. The number of pyridine rings is 1. The molecule has 4 nitrogen and oxygen atoms in total. The second-order valence-corrected chi connectivity index (χ2v) is 3.30. The third kappa shape index (κ3) is 3.66. The third-order valence-corrected chi connectivity index (χ3v) is 2.01. The Morgan fingerprint density at radius 3 is 3.13 bits per heavy atom. The van der Waals surface area contributed by atoms with Gasteiger partial charge in [-0.2, -0.15) is 5.26 Å². The molecule has 0 saturated carbocycles. The number of nitriles is 1. The summed E-state index contributed by atoms with van der Waals surface area (Å²) in [5.41, 5.74) is 1.28. The average Bonchev–Trinajstić information content (AvgIpc) is 2.27. The number of nitrogens with zero attached hydrogens (tertiary/aromatic N) is 2. The van der Waals surface area contributed by atoms with Crippen LogP contribution in [-0.2, 0) is 11.3 Å². The Hall–Kier alpha value is -1.44. The lowest BCUT2D eigenvalue weighted by atomic mass is 10.2.